The van der Waals surface area contributed by atoms with Gasteiger partial charge in [-0.25, -0.2) is 9.78 Å². The fourth-order valence-electron chi connectivity index (χ4n) is 3.53. The monoisotopic (exact) mass is 534 g/mol. The molecule has 2 rings (SSSR count). The van der Waals surface area contributed by atoms with Crippen molar-refractivity contribution in [3.63, 3.8) is 0 Å². The van der Waals surface area contributed by atoms with Crippen LogP contribution < -0.4 is 21.7 Å². The second-order valence-electron chi connectivity index (χ2n) is 9.09. The first kappa shape index (κ1) is 29.6. The molecule has 2 aromatic rings. The van der Waals surface area contributed by atoms with Gasteiger partial charge in [0, 0.05) is 30.5 Å². The highest BCUT2D eigenvalue weighted by Gasteiger charge is 2.30. The van der Waals surface area contributed by atoms with E-state index in [-0.39, 0.29) is 30.3 Å². The smallest absolute Gasteiger partial charge is 0.326 e. The summed E-state index contributed by atoms with van der Waals surface area (Å²) in [6.45, 7) is 3.83. The Kier molecular flexibility index (Phi) is 11.4. The molecule has 8 N–H and O–H groups in total. The van der Waals surface area contributed by atoms with Gasteiger partial charge >= 0.3 is 5.97 Å². The number of hydrogen-bond acceptors (Lipinski definition) is 8. The number of H-pyrrole nitrogens is 1. The molecule has 202 valence electrons. The van der Waals surface area contributed by atoms with E-state index >= 15 is 0 Å². The maximum Gasteiger partial charge on any atom is 0.326 e. The number of carbonyl (C=O) groups excluding carboxylic acids is 3. The molecule has 12 nitrogen and oxygen atoms in total. The number of nitrogens with two attached hydrogens (primary N) is 1. The number of benzene rings is 1. The number of amides is 3. The molecule has 0 saturated heterocycles. The summed E-state index contributed by atoms with van der Waals surface area (Å²) in [6, 6.07) is 1.73. The van der Waals surface area contributed by atoms with Gasteiger partial charge in [-0.15, -0.1) is 0 Å². The number of imidazole rings is 1. The van der Waals surface area contributed by atoms with Crippen LogP contribution in [0.4, 0.5) is 0 Å². The zero-order chi connectivity index (χ0) is 27.5. The van der Waals surface area contributed by atoms with Crippen molar-refractivity contribution in [2.75, 3.05) is 5.75 Å². The van der Waals surface area contributed by atoms with E-state index in [1.165, 1.54) is 24.7 Å². The highest BCUT2D eigenvalue weighted by atomic mass is 32.1. The van der Waals surface area contributed by atoms with Crippen LogP contribution in [0.1, 0.15) is 31.5 Å². The molecule has 0 bridgehead atoms. The molecule has 0 aliphatic rings. The fourth-order valence-corrected chi connectivity index (χ4v) is 3.78. The van der Waals surface area contributed by atoms with Crippen molar-refractivity contribution in [3.05, 3.63) is 48.0 Å². The van der Waals surface area contributed by atoms with E-state index in [1.54, 1.807) is 12.1 Å². The summed E-state index contributed by atoms with van der Waals surface area (Å²) in [5.41, 5.74) is 7.13. The zero-order valence-electron chi connectivity index (χ0n) is 20.7. The number of aliphatic carboxylic acids is 1. The number of nitrogens with zero attached hydrogens (tertiary/aromatic N) is 1. The van der Waals surface area contributed by atoms with Crippen LogP contribution in [-0.2, 0) is 32.0 Å². The Hall–Kier alpha value is -3.58. The van der Waals surface area contributed by atoms with Gasteiger partial charge in [0.05, 0.1) is 12.4 Å². The number of thiol groups is 1. The molecule has 0 radical (unpaired) electrons. The van der Waals surface area contributed by atoms with Crippen LogP contribution >= 0.6 is 12.6 Å². The number of nitrogens with one attached hydrogen (secondary N) is 4. The minimum Gasteiger partial charge on any atom is -0.508 e. The molecule has 0 aliphatic heterocycles. The second-order valence-corrected chi connectivity index (χ2v) is 9.46. The summed E-state index contributed by atoms with van der Waals surface area (Å²) < 4.78 is 0. The Morgan fingerprint density at radius 1 is 0.973 bits per heavy atom. The van der Waals surface area contributed by atoms with Crippen molar-refractivity contribution in [2.24, 2.45) is 11.7 Å². The predicted molar refractivity (Wildman–Crippen MR) is 139 cm³/mol. The standard InChI is InChI=1S/C24H34N6O6S/c1-13(2)7-17(25)21(32)28-18(8-14-3-5-16(31)6-4-14)22(33)30-20(11-37)23(34)29-19(24(35)36)9-15-10-26-12-27-15/h3-6,10,12-13,17-20,31,37H,7-9,11,25H2,1-2H3,(H,26,27)(H,28,32)(H,29,34)(H,30,33)(H,35,36). The highest BCUT2D eigenvalue weighted by Crippen LogP contribution is 2.12. The number of phenolic OH excluding ortho intramolecular Hbond substituents is 1. The molecular formula is C24H34N6O6S. The summed E-state index contributed by atoms with van der Waals surface area (Å²) in [5.74, 6) is -3.13. The van der Waals surface area contributed by atoms with Gasteiger partial charge in [0.1, 0.15) is 23.9 Å². The zero-order valence-corrected chi connectivity index (χ0v) is 21.6. The number of aromatic amines is 1. The fraction of sp³-hybridized carbons (Fsp3) is 0.458. The Morgan fingerprint density at radius 2 is 1.57 bits per heavy atom. The summed E-state index contributed by atoms with van der Waals surface area (Å²) in [4.78, 5) is 56.9. The highest BCUT2D eigenvalue weighted by molar-refractivity contribution is 7.80. The topological polar surface area (TPSA) is 200 Å². The van der Waals surface area contributed by atoms with Crippen molar-refractivity contribution in [2.45, 2.75) is 57.3 Å². The minimum atomic E-state index is -1.27. The second kappa shape index (κ2) is 14.2. The van der Waals surface area contributed by atoms with Gasteiger partial charge in [-0.2, -0.15) is 12.6 Å². The summed E-state index contributed by atoms with van der Waals surface area (Å²) in [5, 5.41) is 26.6. The van der Waals surface area contributed by atoms with E-state index in [9.17, 15) is 29.4 Å². The average molecular weight is 535 g/mol. The van der Waals surface area contributed by atoms with Gasteiger partial charge in [0.25, 0.3) is 0 Å². The molecular weight excluding hydrogens is 500 g/mol. The van der Waals surface area contributed by atoms with E-state index in [1.807, 2.05) is 13.8 Å². The van der Waals surface area contributed by atoms with Crippen molar-refractivity contribution < 1.29 is 29.4 Å². The van der Waals surface area contributed by atoms with Crippen LogP contribution in [0.25, 0.3) is 0 Å². The van der Waals surface area contributed by atoms with Crippen molar-refractivity contribution in [1.82, 2.24) is 25.9 Å². The van der Waals surface area contributed by atoms with Crippen LogP contribution in [0.2, 0.25) is 0 Å². The first-order valence-corrected chi connectivity index (χ1v) is 12.4. The molecule has 1 heterocycles. The molecule has 0 aliphatic carbocycles. The molecule has 4 atom stereocenters. The summed E-state index contributed by atoms with van der Waals surface area (Å²) in [7, 11) is 0. The molecule has 0 spiro atoms. The number of aromatic nitrogens is 2. The Balaban J connectivity index is 2.14. The van der Waals surface area contributed by atoms with E-state index < -0.39 is 47.9 Å². The van der Waals surface area contributed by atoms with Gasteiger partial charge in [-0.3, -0.25) is 14.4 Å². The van der Waals surface area contributed by atoms with Gasteiger partial charge < -0.3 is 36.9 Å². The molecule has 13 heteroatoms. The first-order valence-electron chi connectivity index (χ1n) is 11.8. The van der Waals surface area contributed by atoms with Crippen LogP contribution in [-0.4, -0.2) is 73.8 Å². The number of carboxylic acid groups (broad SMARTS) is 1. The SMILES string of the molecule is CC(C)CC(N)C(=O)NC(Cc1ccc(O)cc1)C(=O)NC(CS)C(=O)NC(Cc1cnc[nH]1)C(=O)O. The number of aromatic hydroxyl groups is 1. The minimum absolute atomic E-state index is 0.0401. The Morgan fingerprint density at radius 3 is 2.11 bits per heavy atom. The van der Waals surface area contributed by atoms with Gasteiger partial charge in [0.15, 0.2) is 0 Å². The van der Waals surface area contributed by atoms with Crippen LogP contribution in [0, 0.1) is 5.92 Å². The van der Waals surface area contributed by atoms with Crippen LogP contribution in [0.15, 0.2) is 36.8 Å². The number of phenols is 1. The lowest BCUT2D eigenvalue weighted by Gasteiger charge is -2.25. The maximum absolute atomic E-state index is 13.2. The van der Waals surface area contributed by atoms with Crippen LogP contribution in [0.5, 0.6) is 5.75 Å². The van der Waals surface area contributed by atoms with Crippen molar-refractivity contribution >= 4 is 36.3 Å². The number of carboxylic acids is 1. The molecule has 4 unspecified atom stereocenters. The quantitative estimate of drug-likeness (QED) is 0.152. The lowest BCUT2D eigenvalue weighted by Crippen LogP contribution is -2.58. The largest absolute Gasteiger partial charge is 0.508 e. The molecule has 1 aromatic carbocycles. The number of rotatable bonds is 14. The third kappa shape index (κ3) is 9.77. The Labute approximate surface area is 220 Å². The number of hydrogen-bond donors (Lipinski definition) is 8. The van der Waals surface area contributed by atoms with Crippen molar-refractivity contribution in [1.29, 1.82) is 0 Å². The Bertz CT molecular complexity index is 1050. The first-order chi connectivity index (χ1) is 17.5. The molecule has 1 aromatic heterocycles. The molecule has 37 heavy (non-hydrogen) atoms. The summed E-state index contributed by atoms with van der Waals surface area (Å²) in [6.07, 6.45) is 3.27. The predicted octanol–water partition coefficient (Wildman–Crippen LogP) is -0.257. The van der Waals surface area contributed by atoms with Crippen LogP contribution in [0.3, 0.4) is 0 Å². The van der Waals surface area contributed by atoms with Gasteiger partial charge in [-0.1, -0.05) is 26.0 Å². The summed E-state index contributed by atoms with van der Waals surface area (Å²) >= 11 is 4.14. The maximum atomic E-state index is 13.2. The van der Waals surface area contributed by atoms with E-state index in [0.717, 1.165) is 0 Å². The van der Waals surface area contributed by atoms with Gasteiger partial charge in [-0.05, 0) is 30.0 Å². The average Bonchev–Trinajstić information content (AvgIpc) is 3.35. The van der Waals surface area contributed by atoms with Gasteiger partial charge in [0.2, 0.25) is 17.7 Å². The lowest BCUT2D eigenvalue weighted by molar-refractivity contribution is -0.142. The molecule has 0 fully saturated rings. The van der Waals surface area contributed by atoms with E-state index in [4.69, 9.17) is 5.73 Å². The number of carbonyl (C=O) groups is 4. The third-order valence-electron chi connectivity index (χ3n) is 5.48. The van der Waals surface area contributed by atoms with Crippen molar-refractivity contribution in [3.8, 4) is 5.75 Å². The molecule has 0 saturated carbocycles. The third-order valence-corrected chi connectivity index (χ3v) is 5.85. The van der Waals surface area contributed by atoms with E-state index in [0.29, 0.717) is 17.7 Å². The lowest BCUT2D eigenvalue weighted by atomic mass is 10.0. The normalized spacial score (nSPS) is 14.3. The van der Waals surface area contributed by atoms with E-state index in [2.05, 4.69) is 38.5 Å². The molecule has 3 amide bonds.